The number of amides is 2. The van der Waals surface area contributed by atoms with Crippen LogP contribution in [0.5, 0.6) is 5.75 Å². The molecule has 0 spiro atoms. The molecule has 118 valence electrons. The molecule has 0 bridgehead atoms. The zero-order valence-electron chi connectivity index (χ0n) is 12.6. The molecule has 0 unspecified atom stereocenters. The van der Waals surface area contributed by atoms with Gasteiger partial charge in [0, 0.05) is 10.6 Å². The van der Waals surface area contributed by atoms with E-state index in [0.29, 0.717) is 12.3 Å². The summed E-state index contributed by atoms with van der Waals surface area (Å²) in [5.74, 6) is 0.758. The average Bonchev–Trinajstić information content (AvgIpc) is 3.03. The third-order valence-corrected chi connectivity index (χ3v) is 4.19. The van der Waals surface area contributed by atoms with Crippen LogP contribution in [0, 0.1) is 0 Å². The molecule has 1 atom stereocenters. The molecule has 0 aliphatic rings. The standard InChI is InChI=1S/C16H20N2O3S/c1-3-21-13-8-6-12(7-9-13)18-15(19)17-11-16(2,20)14-5-4-10-22-14/h4-10,20H,3,11H2,1-2H3,(H2,17,18,19)/t16-/m1/s1. The van der Waals surface area contributed by atoms with Crippen LogP contribution in [0.2, 0.25) is 0 Å². The van der Waals surface area contributed by atoms with E-state index in [4.69, 9.17) is 4.74 Å². The largest absolute Gasteiger partial charge is 0.494 e. The number of anilines is 1. The Kier molecular flexibility index (Phi) is 5.41. The number of thiophene rings is 1. The summed E-state index contributed by atoms with van der Waals surface area (Å²) in [5, 5.41) is 17.6. The molecule has 3 N–H and O–H groups in total. The van der Waals surface area contributed by atoms with Crippen LogP contribution in [0.1, 0.15) is 18.7 Å². The lowest BCUT2D eigenvalue weighted by Gasteiger charge is -2.22. The van der Waals surface area contributed by atoms with Crippen LogP contribution in [0.4, 0.5) is 10.5 Å². The molecule has 0 radical (unpaired) electrons. The normalized spacial score (nSPS) is 13.2. The quantitative estimate of drug-likeness (QED) is 0.765. The number of carbonyl (C=O) groups is 1. The van der Waals surface area contributed by atoms with Crippen LogP contribution in [0.3, 0.4) is 0 Å². The van der Waals surface area contributed by atoms with Gasteiger partial charge in [-0.3, -0.25) is 0 Å². The van der Waals surface area contributed by atoms with Crippen LogP contribution in [0.15, 0.2) is 41.8 Å². The summed E-state index contributed by atoms with van der Waals surface area (Å²) in [6.07, 6.45) is 0. The molecule has 1 heterocycles. The molecule has 1 aromatic carbocycles. The van der Waals surface area contributed by atoms with Gasteiger partial charge in [0.25, 0.3) is 0 Å². The Bertz CT molecular complexity index is 594. The first-order chi connectivity index (χ1) is 10.5. The van der Waals surface area contributed by atoms with E-state index in [1.165, 1.54) is 11.3 Å². The van der Waals surface area contributed by atoms with Gasteiger partial charge in [-0.1, -0.05) is 6.07 Å². The van der Waals surface area contributed by atoms with Gasteiger partial charge in [-0.15, -0.1) is 11.3 Å². The Morgan fingerprint density at radius 1 is 1.32 bits per heavy atom. The highest BCUT2D eigenvalue weighted by Crippen LogP contribution is 2.24. The van der Waals surface area contributed by atoms with Crippen LogP contribution in [-0.4, -0.2) is 24.3 Å². The van der Waals surface area contributed by atoms with Gasteiger partial charge in [0.05, 0.1) is 13.2 Å². The third kappa shape index (κ3) is 4.47. The van der Waals surface area contributed by atoms with E-state index in [1.54, 1.807) is 31.2 Å². The minimum Gasteiger partial charge on any atom is -0.494 e. The van der Waals surface area contributed by atoms with Gasteiger partial charge in [-0.2, -0.15) is 0 Å². The molecule has 6 heteroatoms. The van der Waals surface area contributed by atoms with Crippen molar-refractivity contribution in [3.63, 3.8) is 0 Å². The first-order valence-corrected chi connectivity index (χ1v) is 7.93. The van der Waals surface area contributed by atoms with E-state index < -0.39 is 5.60 Å². The van der Waals surface area contributed by atoms with E-state index in [1.807, 2.05) is 24.4 Å². The molecule has 0 aliphatic carbocycles. The minimum atomic E-state index is -1.08. The van der Waals surface area contributed by atoms with Crippen molar-refractivity contribution in [2.45, 2.75) is 19.4 Å². The maximum atomic E-state index is 11.9. The first kappa shape index (κ1) is 16.3. The topological polar surface area (TPSA) is 70.6 Å². The molecule has 0 fully saturated rings. The maximum Gasteiger partial charge on any atom is 0.319 e. The smallest absolute Gasteiger partial charge is 0.319 e. The monoisotopic (exact) mass is 320 g/mol. The number of hydrogen-bond donors (Lipinski definition) is 3. The number of rotatable bonds is 6. The maximum absolute atomic E-state index is 11.9. The summed E-state index contributed by atoms with van der Waals surface area (Å²) in [5.41, 5.74) is -0.415. The average molecular weight is 320 g/mol. The van der Waals surface area contributed by atoms with Crippen LogP contribution < -0.4 is 15.4 Å². The van der Waals surface area contributed by atoms with E-state index in [9.17, 15) is 9.90 Å². The Labute approximate surface area is 133 Å². The lowest BCUT2D eigenvalue weighted by atomic mass is 10.1. The highest BCUT2D eigenvalue weighted by Gasteiger charge is 2.24. The molecule has 2 aromatic rings. The fraction of sp³-hybridized carbons (Fsp3) is 0.312. The summed E-state index contributed by atoms with van der Waals surface area (Å²) in [6, 6.07) is 10.5. The van der Waals surface area contributed by atoms with Gasteiger partial charge in [-0.25, -0.2) is 4.79 Å². The van der Waals surface area contributed by atoms with E-state index >= 15 is 0 Å². The molecule has 0 aliphatic heterocycles. The molecule has 2 rings (SSSR count). The number of benzene rings is 1. The molecule has 0 saturated carbocycles. The van der Waals surface area contributed by atoms with Gasteiger partial charge in [-0.05, 0) is 49.6 Å². The SMILES string of the molecule is CCOc1ccc(NC(=O)NC[C@@](C)(O)c2cccs2)cc1. The van der Waals surface area contributed by atoms with Gasteiger partial charge < -0.3 is 20.5 Å². The minimum absolute atomic E-state index is 0.135. The number of carbonyl (C=O) groups excluding carboxylic acids is 1. The summed E-state index contributed by atoms with van der Waals surface area (Å²) < 4.78 is 5.34. The molecule has 5 nitrogen and oxygen atoms in total. The van der Waals surface area contributed by atoms with Gasteiger partial charge in [0.1, 0.15) is 11.4 Å². The van der Waals surface area contributed by atoms with E-state index in [0.717, 1.165) is 10.6 Å². The fourth-order valence-corrected chi connectivity index (χ4v) is 2.69. The number of nitrogens with one attached hydrogen (secondary N) is 2. The van der Waals surface area contributed by atoms with E-state index in [2.05, 4.69) is 10.6 Å². The Balaban J connectivity index is 1.85. The summed E-state index contributed by atoms with van der Waals surface area (Å²) >= 11 is 1.46. The summed E-state index contributed by atoms with van der Waals surface area (Å²) in [7, 11) is 0. The first-order valence-electron chi connectivity index (χ1n) is 7.05. The number of hydrogen-bond acceptors (Lipinski definition) is 4. The predicted molar refractivity (Wildman–Crippen MR) is 88.5 cm³/mol. The molecular formula is C16H20N2O3S. The Morgan fingerprint density at radius 2 is 2.05 bits per heavy atom. The lowest BCUT2D eigenvalue weighted by molar-refractivity contribution is 0.0637. The second kappa shape index (κ2) is 7.29. The molecule has 0 saturated heterocycles. The van der Waals surface area contributed by atoms with Crippen molar-refractivity contribution in [3.05, 3.63) is 46.7 Å². The number of ether oxygens (including phenoxy) is 1. The summed E-state index contributed by atoms with van der Waals surface area (Å²) in [6.45, 7) is 4.33. The third-order valence-electron chi connectivity index (χ3n) is 3.07. The molecular weight excluding hydrogens is 300 g/mol. The second-order valence-corrected chi connectivity index (χ2v) is 5.96. The predicted octanol–water partition coefficient (Wildman–Crippen LogP) is 3.18. The van der Waals surface area contributed by atoms with E-state index in [-0.39, 0.29) is 12.6 Å². The van der Waals surface area contributed by atoms with Gasteiger partial charge in [0.2, 0.25) is 0 Å². The molecule has 1 aromatic heterocycles. The zero-order chi connectivity index (χ0) is 16.0. The second-order valence-electron chi connectivity index (χ2n) is 5.02. The van der Waals surface area contributed by atoms with Crippen molar-refractivity contribution in [2.75, 3.05) is 18.5 Å². The molecule has 2 amide bonds. The van der Waals surface area contributed by atoms with Crippen LogP contribution in [-0.2, 0) is 5.60 Å². The summed E-state index contributed by atoms with van der Waals surface area (Å²) in [4.78, 5) is 12.7. The lowest BCUT2D eigenvalue weighted by Crippen LogP contribution is -2.40. The number of aliphatic hydroxyl groups is 1. The highest BCUT2D eigenvalue weighted by molar-refractivity contribution is 7.10. The van der Waals surface area contributed by atoms with Crippen LogP contribution in [0.25, 0.3) is 0 Å². The fourth-order valence-electron chi connectivity index (χ4n) is 1.90. The van der Waals surface area contributed by atoms with Crippen molar-refractivity contribution < 1.29 is 14.6 Å². The van der Waals surface area contributed by atoms with Crippen LogP contribution >= 0.6 is 11.3 Å². The van der Waals surface area contributed by atoms with Crippen molar-refractivity contribution >= 4 is 23.1 Å². The van der Waals surface area contributed by atoms with Crippen molar-refractivity contribution in [1.82, 2.24) is 5.32 Å². The molecule has 22 heavy (non-hydrogen) atoms. The van der Waals surface area contributed by atoms with Gasteiger partial charge >= 0.3 is 6.03 Å². The Hall–Kier alpha value is -2.05. The Morgan fingerprint density at radius 3 is 2.64 bits per heavy atom. The van der Waals surface area contributed by atoms with Crippen molar-refractivity contribution in [3.8, 4) is 5.75 Å². The van der Waals surface area contributed by atoms with Gasteiger partial charge in [0.15, 0.2) is 0 Å². The number of urea groups is 1. The van der Waals surface area contributed by atoms with Crippen molar-refractivity contribution in [2.24, 2.45) is 0 Å². The highest BCUT2D eigenvalue weighted by atomic mass is 32.1. The zero-order valence-corrected chi connectivity index (χ0v) is 13.4. The van der Waals surface area contributed by atoms with Crippen molar-refractivity contribution in [1.29, 1.82) is 0 Å².